The van der Waals surface area contributed by atoms with Gasteiger partial charge in [0, 0.05) is 19.0 Å². The number of hydrogen-bond donors (Lipinski definition) is 3. The van der Waals surface area contributed by atoms with Gasteiger partial charge in [-0.25, -0.2) is 9.59 Å². The van der Waals surface area contributed by atoms with Crippen molar-refractivity contribution < 1.29 is 24.2 Å². The van der Waals surface area contributed by atoms with Crippen LogP contribution in [-0.2, 0) is 20.9 Å². The Morgan fingerprint density at radius 1 is 0.947 bits per heavy atom. The summed E-state index contributed by atoms with van der Waals surface area (Å²) in [5.41, 5.74) is 4.24. The number of hydrogen-bond acceptors (Lipinski definition) is 5. The van der Waals surface area contributed by atoms with Gasteiger partial charge >= 0.3 is 12.1 Å². The van der Waals surface area contributed by atoms with Crippen molar-refractivity contribution in [1.82, 2.24) is 15.5 Å². The van der Waals surface area contributed by atoms with Crippen molar-refractivity contribution in [1.29, 1.82) is 0 Å². The van der Waals surface area contributed by atoms with Crippen LogP contribution in [0.3, 0.4) is 0 Å². The second-order valence-corrected chi connectivity index (χ2v) is 10.1. The summed E-state index contributed by atoms with van der Waals surface area (Å²) >= 11 is 0. The fourth-order valence-electron chi connectivity index (χ4n) is 5.09. The quantitative estimate of drug-likeness (QED) is 0.381. The highest BCUT2D eigenvalue weighted by atomic mass is 16.5. The van der Waals surface area contributed by atoms with Crippen molar-refractivity contribution in [3.8, 4) is 11.1 Å². The molecule has 8 nitrogen and oxygen atoms in total. The number of amides is 2. The summed E-state index contributed by atoms with van der Waals surface area (Å²) < 4.78 is 5.65. The van der Waals surface area contributed by atoms with Gasteiger partial charge in [-0.1, -0.05) is 78.9 Å². The molecule has 0 radical (unpaired) electrons. The van der Waals surface area contributed by atoms with E-state index in [1.54, 1.807) is 0 Å². The molecular weight excluding hydrogens is 482 g/mol. The molecule has 2 amide bonds. The number of carboxylic acid groups (broad SMARTS) is 1. The maximum absolute atomic E-state index is 13.1. The standard InChI is InChI=1S/C30H31N3O5/c1-33(17-20-9-3-2-4-10-20)18-26(27(34)32-30(15-16-30)28(35)36)31-29(37)38-19-25-23-13-7-5-11-21(23)22-12-6-8-14-24(22)25/h2-14,25-26H,15-19H2,1H3,(H,31,37)(H,32,34)(H,35,36). The summed E-state index contributed by atoms with van der Waals surface area (Å²) in [4.78, 5) is 39.6. The third kappa shape index (κ3) is 5.40. The number of rotatable bonds is 10. The van der Waals surface area contributed by atoms with Crippen molar-refractivity contribution in [2.24, 2.45) is 0 Å². The fourth-order valence-corrected chi connectivity index (χ4v) is 5.09. The highest BCUT2D eigenvalue weighted by Gasteiger charge is 2.52. The minimum atomic E-state index is -1.25. The number of carboxylic acids is 1. The molecule has 196 valence electrons. The third-order valence-electron chi connectivity index (χ3n) is 7.26. The first-order valence-corrected chi connectivity index (χ1v) is 12.8. The van der Waals surface area contributed by atoms with E-state index in [1.807, 2.05) is 78.7 Å². The minimum Gasteiger partial charge on any atom is -0.480 e. The Hall–Kier alpha value is -4.17. The predicted octanol–water partition coefficient (Wildman–Crippen LogP) is 3.76. The van der Waals surface area contributed by atoms with E-state index in [9.17, 15) is 19.5 Å². The molecule has 0 aliphatic heterocycles. The molecule has 1 saturated carbocycles. The Morgan fingerprint density at radius 3 is 2.11 bits per heavy atom. The molecule has 3 N–H and O–H groups in total. The van der Waals surface area contributed by atoms with Crippen LogP contribution in [-0.4, -0.2) is 59.8 Å². The van der Waals surface area contributed by atoms with Gasteiger partial charge in [0.05, 0.1) is 0 Å². The van der Waals surface area contributed by atoms with Crippen LogP contribution in [0.4, 0.5) is 4.79 Å². The Balaban J connectivity index is 1.26. The predicted molar refractivity (Wildman–Crippen MR) is 143 cm³/mol. The molecule has 0 saturated heterocycles. The minimum absolute atomic E-state index is 0.108. The van der Waals surface area contributed by atoms with E-state index in [0.29, 0.717) is 19.4 Å². The van der Waals surface area contributed by atoms with Crippen LogP contribution >= 0.6 is 0 Å². The van der Waals surface area contributed by atoms with Crippen molar-refractivity contribution in [3.63, 3.8) is 0 Å². The van der Waals surface area contributed by atoms with Crippen LogP contribution in [0.5, 0.6) is 0 Å². The lowest BCUT2D eigenvalue weighted by Crippen LogP contribution is -2.56. The summed E-state index contributed by atoms with van der Waals surface area (Å²) in [7, 11) is 1.84. The molecule has 1 fully saturated rings. The summed E-state index contributed by atoms with van der Waals surface area (Å²) in [5.74, 6) is -1.72. The van der Waals surface area contributed by atoms with E-state index in [1.165, 1.54) is 0 Å². The van der Waals surface area contributed by atoms with Gasteiger partial charge in [0.15, 0.2) is 0 Å². The lowest BCUT2D eigenvalue weighted by molar-refractivity contribution is -0.143. The van der Waals surface area contributed by atoms with Gasteiger partial charge in [0.1, 0.15) is 18.2 Å². The second-order valence-electron chi connectivity index (χ2n) is 10.1. The highest BCUT2D eigenvalue weighted by molar-refractivity contribution is 5.93. The second kappa shape index (κ2) is 10.7. The van der Waals surface area contributed by atoms with Crippen molar-refractivity contribution >= 4 is 18.0 Å². The van der Waals surface area contributed by atoms with Gasteiger partial charge in [-0.2, -0.15) is 0 Å². The number of aliphatic carboxylic acids is 1. The summed E-state index contributed by atoms with van der Waals surface area (Å²) in [5, 5.41) is 14.8. The van der Waals surface area contributed by atoms with Gasteiger partial charge in [-0.05, 0) is 47.7 Å². The van der Waals surface area contributed by atoms with Crippen LogP contribution in [0.2, 0.25) is 0 Å². The number of alkyl carbamates (subject to hydrolysis) is 1. The van der Waals surface area contributed by atoms with Crippen LogP contribution in [0, 0.1) is 0 Å². The zero-order valence-electron chi connectivity index (χ0n) is 21.2. The topological polar surface area (TPSA) is 108 Å². The zero-order valence-corrected chi connectivity index (χ0v) is 21.2. The summed E-state index contributed by atoms with van der Waals surface area (Å²) in [6.45, 7) is 0.856. The van der Waals surface area contributed by atoms with Gasteiger partial charge in [0.2, 0.25) is 5.91 Å². The first kappa shape index (κ1) is 25.5. The molecule has 2 aliphatic carbocycles. The van der Waals surface area contributed by atoms with Crippen LogP contribution in [0.15, 0.2) is 78.9 Å². The normalized spacial score (nSPS) is 15.7. The molecule has 5 rings (SSSR count). The maximum atomic E-state index is 13.1. The summed E-state index contributed by atoms with van der Waals surface area (Å²) in [6.07, 6.45) is 0.0114. The number of fused-ring (bicyclic) bond motifs is 3. The molecule has 0 aromatic heterocycles. The average Bonchev–Trinajstić information content (AvgIpc) is 3.63. The first-order chi connectivity index (χ1) is 18.4. The number of carbonyl (C=O) groups excluding carboxylic acids is 2. The molecule has 38 heavy (non-hydrogen) atoms. The molecular formula is C30H31N3O5. The summed E-state index contributed by atoms with van der Waals surface area (Å²) in [6, 6.07) is 24.9. The molecule has 3 aromatic carbocycles. The Labute approximate surface area is 221 Å². The van der Waals surface area contributed by atoms with Gasteiger partial charge in [-0.3, -0.25) is 9.69 Å². The molecule has 0 bridgehead atoms. The smallest absolute Gasteiger partial charge is 0.407 e. The van der Waals surface area contributed by atoms with Crippen molar-refractivity contribution in [2.75, 3.05) is 20.2 Å². The maximum Gasteiger partial charge on any atom is 0.407 e. The molecule has 0 spiro atoms. The van der Waals surface area contributed by atoms with E-state index < -0.39 is 29.6 Å². The zero-order chi connectivity index (χ0) is 26.7. The third-order valence-corrected chi connectivity index (χ3v) is 7.26. The van der Waals surface area contributed by atoms with Crippen LogP contribution < -0.4 is 10.6 Å². The molecule has 3 aromatic rings. The molecule has 8 heteroatoms. The van der Waals surface area contributed by atoms with Gasteiger partial charge < -0.3 is 20.5 Å². The molecule has 2 aliphatic rings. The number of likely N-dealkylation sites (N-methyl/N-ethyl adjacent to an activating group) is 1. The molecule has 0 heterocycles. The largest absolute Gasteiger partial charge is 0.480 e. The monoisotopic (exact) mass is 513 g/mol. The molecule has 1 atom stereocenters. The van der Waals surface area contributed by atoms with Crippen molar-refractivity contribution in [3.05, 3.63) is 95.6 Å². The SMILES string of the molecule is CN(Cc1ccccc1)CC(NC(=O)OCC1c2ccccc2-c2ccccc21)C(=O)NC1(C(=O)O)CC1. The Kier molecular flexibility index (Phi) is 7.15. The van der Waals surface area contributed by atoms with E-state index in [2.05, 4.69) is 22.8 Å². The fraction of sp³-hybridized carbons (Fsp3) is 0.300. The number of benzene rings is 3. The van der Waals surface area contributed by atoms with E-state index in [0.717, 1.165) is 27.8 Å². The van der Waals surface area contributed by atoms with Crippen molar-refractivity contribution in [2.45, 2.75) is 36.9 Å². The van der Waals surface area contributed by atoms with Crippen LogP contribution in [0.25, 0.3) is 11.1 Å². The first-order valence-electron chi connectivity index (χ1n) is 12.8. The van der Waals surface area contributed by atoms with E-state index in [4.69, 9.17) is 4.74 Å². The average molecular weight is 514 g/mol. The Morgan fingerprint density at radius 2 is 1.53 bits per heavy atom. The highest BCUT2D eigenvalue weighted by Crippen LogP contribution is 2.44. The van der Waals surface area contributed by atoms with Gasteiger partial charge in [0.25, 0.3) is 0 Å². The lowest BCUT2D eigenvalue weighted by Gasteiger charge is -2.26. The number of ether oxygens (including phenoxy) is 1. The van der Waals surface area contributed by atoms with E-state index >= 15 is 0 Å². The number of carbonyl (C=O) groups is 3. The molecule has 1 unspecified atom stereocenters. The van der Waals surface area contributed by atoms with E-state index in [-0.39, 0.29) is 19.1 Å². The van der Waals surface area contributed by atoms with Crippen LogP contribution in [0.1, 0.15) is 35.4 Å². The lowest BCUT2D eigenvalue weighted by atomic mass is 9.98. The number of nitrogens with zero attached hydrogens (tertiary/aromatic N) is 1. The van der Waals surface area contributed by atoms with Gasteiger partial charge in [-0.15, -0.1) is 0 Å². The Bertz CT molecular complexity index is 1290. The number of nitrogens with one attached hydrogen (secondary N) is 2.